The van der Waals surface area contributed by atoms with E-state index >= 15 is 0 Å². The number of rotatable bonds is 0. The summed E-state index contributed by atoms with van der Waals surface area (Å²) in [5.41, 5.74) is 5.60. The molecule has 90 valence electrons. The molecule has 0 N–H and O–H groups in total. The lowest BCUT2D eigenvalue weighted by molar-refractivity contribution is 0.967. The van der Waals surface area contributed by atoms with Crippen molar-refractivity contribution < 1.29 is 0 Å². The largest absolute Gasteiger partial charge is 0.344 e. The first-order valence-electron chi connectivity index (χ1n) is 6.04. The van der Waals surface area contributed by atoms with Crippen LogP contribution in [0.4, 0.5) is 0 Å². The molecule has 18 heavy (non-hydrogen) atoms. The molecule has 0 aliphatic heterocycles. The molecule has 1 aromatic heterocycles. The van der Waals surface area contributed by atoms with Crippen LogP contribution in [0.25, 0.3) is 21.8 Å². The molecule has 0 spiro atoms. The molecule has 0 bridgehead atoms. The zero-order valence-corrected chi connectivity index (χ0v) is 13.1. The van der Waals surface area contributed by atoms with Gasteiger partial charge in [-0.05, 0) is 48.2 Å². The lowest BCUT2D eigenvalue weighted by Crippen LogP contribution is -1.98. The normalized spacial score (nSPS) is 13.9. The summed E-state index contributed by atoms with van der Waals surface area (Å²) in [4.78, 5) is 0. The van der Waals surface area contributed by atoms with Crippen molar-refractivity contribution in [2.45, 2.75) is 12.8 Å². The number of hydrogen-bond donors (Lipinski definition) is 0. The van der Waals surface area contributed by atoms with Crippen molar-refractivity contribution in [2.24, 2.45) is 7.05 Å². The van der Waals surface area contributed by atoms with Gasteiger partial charge in [-0.2, -0.15) is 0 Å². The van der Waals surface area contributed by atoms with Crippen LogP contribution in [0.5, 0.6) is 0 Å². The summed E-state index contributed by atoms with van der Waals surface area (Å²) >= 11 is 7.26. The Morgan fingerprint density at radius 1 is 0.833 bits per heavy atom. The predicted molar refractivity (Wildman–Crippen MR) is 83.2 cm³/mol. The molecule has 2 aromatic carbocycles. The molecule has 3 aromatic rings. The van der Waals surface area contributed by atoms with Crippen LogP contribution in [0.3, 0.4) is 0 Å². The highest BCUT2D eigenvalue weighted by Gasteiger charge is 2.20. The number of nitrogens with zero attached hydrogens (tertiary/aromatic N) is 1. The molecule has 4 rings (SSSR count). The molecule has 1 heterocycles. The highest BCUT2D eigenvalue weighted by Crippen LogP contribution is 2.40. The Morgan fingerprint density at radius 2 is 1.28 bits per heavy atom. The molecule has 0 atom stereocenters. The number of halogens is 2. The van der Waals surface area contributed by atoms with E-state index in [9.17, 15) is 0 Å². The van der Waals surface area contributed by atoms with E-state index in [1.54, 1.807) is 0 Å². The Bertz CT molecular complexity index is 747. The molecule has 0 radical (unpaired) electrons. The van der Waals surface area contributed by atoms with Gasteiger partial charge in [0.15, 0.2) is 0 Å². The van der Waals surface area contributed by atoms with Crippen molar-refractivity contribution in [2.75, 3.05) is 0 Å². The number of aromatic nitrogens is 1. The summed E-state index contributed by atoms with van der Waals surface area (Å²) < 4.78 is 4.66. The van der Waals surface area contributed by atoms with E-state index < -0.39 is 0 Å². The van der Waals surface area contributed by atoms with Crippen LogP contribution in [-0.4, -0.2) is 4.57 Å². The van der Waals surface area contributed by atoms with Gasteiger partial charge in [0.1, 0.15) is 0 Å². The van der Waals surface area contributed by atoms with Crippen LogP contribution in [0.1, 0.15) is 11.1 Å². The second-order valence-corrected chi connectivity index (χ2v) is 6.81. The van der Waals surface area contributed by atoms with Crippen molar-refractivity contribution in [3.05, 3.63) is 44.3 Å². The molecule has 1 aliphatic rings. The van der Waals surface area contributed by atoms with Crippen molar-refractivity contribution in [3.8, 4) is 0 Å². The van der Waals surface area contributed by atoms with Gasteiger partial charge < -0.3 is 4.57 Å². The highest BCUT2D eigenvalue weighted by molar-refractivity contribution is 9.10. The molecule has 0 fully saturated rings. The predicted octanol–water partition coefficient (Wildman–Crippen LogP) is 4.96. The second-order valence-electron chi connectivity index (χ2n) is 4.98. The van der Waals surface area contributed by atoms with E-state index in [4.69, 9.17) is 0 Å². The molecule has 1 aliphatic carbocycles. The van der Waals surface area contributed by atoms with Crippen molar-refractivity contribution in [3.63, 3.8) is 0 Å². The molecule has 0 saturated carbocycles. The van der Waals surface area contributed by atoms with Crippen LogP contribution >= 0.6 is 31.9 Å². The number of hydrogen-bond acceptors (Lipinski definition) is 0. The molecule has 0 saturated heterocycles. The summed E-state index contributed by atoms with van der Waals surface area (Å²) in [7, 11) is 2.16. The van der Waals surface area contributed by atoms with E-state index in [1.807, 2.05) is 0 Å². The minimum atomic E-state index is 1.14. The van der Waals surface area contributed by atoms with E-state index in [2.05, 4.69) is 67.7 Å². The maximum Gasteiger partial charge on any atom is 0.0502 e. The zero-order valence-electron chi connectivity index (χ0n) is 9.93. The molecule has 0 unspecified atom stereocenters. The summed E-state index contributed by atoms with van der Waals surface area (Å²) in [6, 6.07) is 8.99. The summed E-state index contributed by atoms with van der Waals surface area (Å²) in [6.07, 6.45) is 2.27. The van der Waals surface area contributed by atoms with E-state index in [0.717, 1.165) is 12.8 Å². The lowest BCUT2D eigenvalue weighted by Gasteiger charge is -2.13. The molecular formula is C15H11Br2N. The third-order valence-corrected chi connectivity index (χ3v) is 4.88. The first-order chi connectivity index (χ1) is 8.65. The molecular weight excluding hydrogens is 354 g/mol. The Balaban J connectivity index is 2.38. The Morgan fingerprint density at radius 3 is 1.72 bits per heavy atom. The first-order valence-corrected chi connectivity index (χ1v) is 7.62. The molecule has 0 amide bonds. The highest BCUT2D eigenvalue weighted by atomic mass is 79.9. The maximum absolute atomic E-state index is 3.63. The van der Waals surface area contributed by atoms with Gasteiger partial charge in [0.25, 0.3) is 0 Å². The SMILES string of the molecule is Cn1c2cc(Br)cc3c2c2c(cc(Br)cc21)CC3. The third-order valence-electron chi connectivity index (χ3n) is 3.96. The van der Waals surface area contributed by atoms with E-state index in [-0.39, 0.29) is 0 Å². The van der Waals surface area contributed by atoms with Crippen LogP contribution in [0, 0.1) is 0 Å². The van der Waals surface area contributed by atoms with Crippen molar-refractivity contribution in [1.29, 1.82) is 0 Å². The quantitative estimate of drug-likeness (QED) is 0.531. The summed E-state index contributed by atoms with van der Waals surface area (Å²) in [5.74, 6) is 0. The van der Waals surface area contributed by atoms with Crippen LogP contribution < -0.4 is 0 Å². The van der Waals surface area contributed by atoms with Gasteiger partial charge in [-0.1, -0.05) is 31.9 Å². The van der Waals surface area contributed by atoms with Gasteiger partial charge >= 0.3 is 0 Å². The van der Waals surface area contributed by atoms with E-state index in [1.165, 1.54) is 41.9 Å². The maximum atomic E-state index is 3.63. The molecule has 1 nitrogen and oxygen atoms in total. The van der Waals surface area contributed by atoms with Crippen molar-refractivity contribution >= 4 is 53.7 Å². The van der Waals surface area contributed by atoms with Crippen molar-refractivity contribution in [1.82, 2.24) is 4.57 Å². The van der Waals surface area contributed by atoms with Gasteiger partial charge in [-0.15, -0.1) is 0 Å². The minimum Gasteiger partial charge on any atom is -0.344 e. The first kappa shape index (κ1) is 11.1. The smallest absolute Gasteiger partial charge is 0.0502 e. The van der Waals surface area contributed by atoms with Gasteiger partial charge in [0, 0.05) is 26.8 Å². The monoisotopic (exact) mass is 363 g/mol. The standard InChI is InChI=1S/C15H11Br2N/c1-18-12-6-10(16)4-8-2-3-9-5-11(17)7-13(18)15(9)14(8)12/h4-7H,2-3H2,1H3. The minimum absolute atomic E-state index is 1.14. The van der Waals surface area contributed by atoms with Crippen LogP contribution in [0.2, 0.25) is 0 Å². The van der Waals surface area contributed by atoms with Gasteiger partial charge in [-0.25, -0.2) is 0 Å². The Kier molecular flexibility index (Phi) is 2.22. The Labute approximate surface area is 122 Å². The van der Waals surface area contributed by atoms with Gasteiger partial charge in [0.05, 0.1) is 11.0 Å². The van der Waals surface area contributed by atoms with E-state index in [0.29, 0.717) is 0 Å². The van der Waals surface area contributed by atoms with Crippen LogP contribution in [-0.2, 0) is 19.9 Å². The lowest BCUT2D eigenvalue weighted by atomic mass is 9.91. The fourth-order valence-corrected chi connectivity index (χ4v) is 4.18. The third kappa shape index (κ3) is 1.32. The van der Waals surface area contributed by atoms with Gasteiger partial charge in [-0.3, -0.25) is 0 Å². The Hall–Kier alpha value is -0.800. The summed E-state index contributed by atoms with van der Waals surface area (Å²) in [6.45, 7) is 0. The summed E-state index contributed by atoms with van der Waals surface area (Å²) in [5, 5.41) is 2.90. The topological polar surface area (TPSA) is 4.93 Å². The second kappa shape index (κ2) is 3.61. The van der Waals surface area contributed by atoms with Crippen LogP contribution in [0.15, 0.2) is 33.2 Å². The van der Waals surface area contributed by atoms with Gasteiger partial charge in [0.2, 0.25) is 0 Å². The number of benzene rings is 2. The molecule has 3 heteroatoms. The zero-order chi connectivity index (χ0) is 12.4. The average molecular weight is 365 g/mol. The fraction of sp³-hybridized carbons (Fsp3) is 0.200. The fourth-order valence-electron chi connectivity index (χ4n) is 3.19. The average Bonchev–Trinajstić information content (AvgIpc) is 2.61. The number of aryl methyl sites for hydroxylation is 3.